The van der Waals surface area contributed by atoms with Crippen molar-refractivity contribution >= 4 is 17.8 Å². The molecule has 0 rings (SSSR count). The third-order valence-corrected chi connectivity index (χ3v) is 9.83. The Balaban J connectivity index is 4.43. The molecular formula is C48H84N2O5. The third kappa shape index (κ3) is 39.1. The lowest BCUT2D eigenvalue weighted by Gasteiger charge is -2.17. The third-order valence-electron chi connectivity index (χ3n) is 9.83. The van der Waals surface area contributed by atoms with Gasteiger partial charge in [0.15, 0.2) is 0 Å². The summed E-state index contributed by atoms with van der Waals surface area (Å²) in [7, 11) is 0. The molecule has 0 bridgehead atoms. The molecule has 2 unspecified atom stereocenters. The fourth-order valence-corrected chi connectivity index (χ4v) is 6.44. The van der Waals surface area contributed by atoms with Crippen molar-refractivity contribution in [1.29, 1.82) is 0 Å². The van der Waals surface area contributed by atoms with Crippen LogP contribution in [0.5, 0.6) is 0 Å². The topological polar surface area (TPSA) is 119 Å². The number of hydrogen-bond acceptors (Lipinski definition) is 5. The molecule has 7 heteroatoms. The van der Waals surface area contributed by atoms with Crippen molar-refractivity contribution in [2.45, 2.75) is 219 Å². The van der Waals surface area contributed by atoms with Gasteiger partial charge in [-0.05, 0) is 109 Å². The van der Waals surface area contributed by atoms with Crippen LogP contribution >= 0.6 is 0 Å². The lowest BCUT2D eigenvalue weighted by Crippen LogP contribution is -2.40. The number of carbonyl (C=O) groups excluding carboxylic acids is 2. The number of hydrogen-bond donors (Lipinski definition) is 3. The van der Waals surface area contributed by atoms with Crippen LogP contribution in [0.15, 0.2) is 60.8 Å². The summed E-state index contributed by atoms with van der Waals surface area (Å²) in [5, 5.41) is 11.9. The highest BCUT2D eigenvalue weighted by molar-refractivity contribution is 5.83. The number of unbranched alkanes of at least 4 members (excludes halogenated alkanes) is 16. The van der Waals surface area contributed by atoms with E-state index < -0.39 is 12.0 Å². The van der Waals surface area contributed by atoms with E-state index in [0.29, 0.717) is 32.2 Å². The lowest BCUT2D eigenvalue weighted by molar-refractivity contribution is -0.150. The second-order valence-corrected chi connectivity index (χ2v) is 15.1. The first kappa shape index (κ1) is 52.1. The Morgan fingerprint density at radius 3 is 1.60 bits per heavy atom. The van der Waals surface area contributed by atoms with E-state index in [9.17, 15) is 19.5 Å². The van der Waals surface area contributed by atoms with Gasteiger partial charge in [-0.15, -0.1) is 0 Å². The minimum atomic E-state index is -1.01. The number of ether oxygens (including phenoxy) is 1. The normalized spacial score (nSPS) is 13.2. The number of esters is 1. The summed E-state index contributed by atoms with van der Waals surface area (Å²) in [5.41, 5.74) is 5.49. The Hall–Kier alpha value is -2.93. The Labute approximate surface area is 338 Å². The van der Waals surface area contributed by atoms with E-state index in [4.69, 9.17) is 10.5 Å². The molecular weight excluding hydrogens is 685 g/mol. The molecule has 0 aliphatic carbocycles. The standard InChI is InChI=1S/C48H84N2O5/c1-3-5-7-9-11-13-15-17-18-19-21-23-25-27-32-36-42-47(52)55-44(38-33-29-26-24-22-20-16-14-12-10-8-6-4-2)39-34-30-28-31-35-41-46(51)50-45(48(53)54)40-37-43-49/h6,8,12,14,18-20,22,26,29,44-45H,3-5,7,9-11,13,15-17,21,23-25,27-28,30-43,49H2,1-2H3,(H,50,51)(H,53,54)/b8-6-,14-12-,19-18-,22-20-,29-26-. The summed E-state index contributed by atoms with van der Waals surface area (Å²) >= 11 is 0. The van der Waals surface area contributed by atoms with Crippen molar-refractivity contribution in [2.75, 3.05) is 6.54 Å². The van der Waals surface area contributed by atoms with Crippen molar-refractivity contribution in [1.82, 2.24) is 5.32 Å². The predicted octanol–water partition coefficient (Wildman–Crippen LogP) is 13.0. The summed E-state index contributed by atoms with van der Waals surface area (Å²) in [6.07, 6.45) is 52.7. The fourth-order valence-electron chi connectivity index (χ4n) is 6.44. The van der Waals surface area contributed by atoms with E-state index in [2.05, 4.69) is 79.9 Å². The molecule has 316 valence electrons. The van der Waals surface area contributed by atoms with Crippen LogP contribution in [-0.4, -0.2) is 41.6 Å². The molecule has 0 saturated carbocycles. The Morgan fingerprint density at radius 1 is 0.545 bits per heavy atom. The molecule has 0 aromatic heterocycles. The molecule has 7 nitrogen and oxygen atoms in total. The molecule has 0 aliphatic rings. The van der Waals surface area contributed by atoms with Gasteiger partial charge in [-0.3, -0.25) is 9.59 Å². The van der Waals surface area contributed by atoms with E-state index in [-0.39, 0.29) is 18.0 Å². The smallest absolute Gasteiger partial charge is 0.326 e. The maximum absolute atomic E-state index is 12.8. The summed E-state index contributed by atoms with van der Waals surface area (Å²) in [6.45, 7) is 4.82. The molecule has 55 heavy (non-hydrogen) atoms. The van der Waals surface area contributed by atoms with Crippen LogP contribution in [0, 0.1) is 0 Å². The minimum Gasteiger partial charge on any atom is -0.480 e. The van der Waals surface area contributed by atoms with Crippen LogP contribution in [0.2, 0.25) is 0 Å². The van der Waals surface area contributed by atoms with Crippen LogP contribution in [0.4, 0.5) is 0 Å². The maximum atomic E-state index is 12.8. The number of amides is 1. The second-order valence-electron chi connectivity index (χ2n) is 15.1. The monoisotopic (exact) mass is 769 g/mol. The zero-order valence-corrected chi connectivity index (χ0v) is 35.5. The number of aliphatic carboxylic acids is 1. The van der Waals surface area contributed by atoms with Gasteiger partial charge in [-0.25, -0.2) is 4.79 Å². The number of carboxylic acids is 1. The minimum absolute atomic E-state index is 0.0689. The number of rotatable bonds is 40. The Morgan fingerprint density at radius 2 is 1.04 bits per heavy atom. The lowest BCUT2D eigenvalue weighted by atomic mass is 10.0. The largest absolute Gasteiger partial charge is 0.480 e. The molecule has 4 N–H and O–H groups in total. The van der Waals surface area contributed by atoms with E-state index in [1.807, 2.05) is 0 Å². The summed E-state index contributed by atoms with van der Waals surface area (Å²) in [6, 6.07) is -0.867. The highest BCUT2D eigenvalue weighted by Gasteiger charge is 2.19. The molecule has 0 aromatic rings. The van der Waals surface area contributed by atoms with Gasteiger partial charge in [0, 0.05) is 12.8 Å². The van der Waals surface area contributed by atoms with Crippen LogP contribution in [0.25, 0.3) is 0 Å². The highest BCUT2D eigenvalue weighted by Crippen LogP contribution is 2.17. The van der Waals surface area contributed by atoms with Gasteiger partial charge in [0.2, 0.25) is 5.91 Å². The fraction of sp³-hybridized carbons (Fsp3) is 0.729. The Kier molecular flexibility index (Phi) is 40.0. The van der Waals surface area contributed by atoms with Crippen molar-refractivity contribution in [3.8, 4) is 0 Å². The molecule has 0 fully saturated rings. The van der Waals surface area contributed by atoms with Crippen LogP contribution in [0.3, 0.4) is 0 Å². The van der Waals surface area contributed by atoms with Crippen LogP contribution in [-0.2, 0) is 19.1 Å². The van der Waals surface area contributed by atoms with Gasteiger partial charge in [0.05, 0.1) is 0 Å². The zero-order valence-electron chi connectivity index (χ0n) is 35.5. The average Bonchev–Trinajstić information content (AvgIpc) is 3.17. The van der Waals surface area contributed by atoms with E-state index >= 15 is 0 Å². The van der Waals surface area contributed by atoms with Gasteiger partial charge in [0.25, 0.3) is 0 Å². The molecule has 0 saturated heterocycles. The average molecular weight is 769 g/mol. The molecule has 1 amide bonds. The van der Waals surface area contributed by atoms with Crippen LogP contribution in [0.1, 0.15) is 206 Å². The number of nitrogens with one attached hydrogen (secondary N) is 1. The molecule has 0 heterocycles. The molecule has 0 radical (unpaired) electrons. The number of allylic oxidation sites excluding steroid dienone is 10. The quantitative estimate of drug-likeness (QED) is 0.0324. The summed E-state index contributed by atoms with van der Waals surface area (Å²) < 4.78 is 6.01. The van der Waals surface area contributed by atoms with Gasteiger partial charge in [0.1, 0.15) is 12.1 Å². The molecule has 0 spiro atoms. The SMILES string of the molecule is CC/C=C\C/C=C\C/C=C\C/C=C\CCC(CCCCCCCC(=O)NC(CCCN)C(=O)O)OC(=O)CCCCCCC/C=C\CCCCCCCCC. The highest BCUT2D eigenvalue weighted by atomic mass is 16.5. The number of carbonyl (C=O) groups is 3. The van der Waals surface area contributed by atoms with Crippen molar-refractivity contribution in [2.24, 2.45) is 5.73 Å². The Bertz CT molecular complexity index is 1050. The molecule has 0 aliphatic heterocycles. The first-order chi connectivity index (χ1) is 26.9. The van der Waals surface area contributed by atoms with Crippen molar-refractivity contribution in [3.05, 3.63) is 60.8 Å². The number of nitrogens with two attached hydrogens (primary N) is 1. The van der Waals surface area contributed by atoms with E-state index in [0.717, 1.165) is 96.3 Å². The van der Waals surface area contributed by atoms with E-state index in [1.165, 1.54) is 70.6 Å². The van der Waals surface area contributed by atoms with Gasteiger partial charge < -0.3 is 20.9 Å². The summed E-state index contributed by atoms with van der Waals surface area (Å²) in [4.78, 5) is 36.4. The molecule has 2 atom stereocenters. The number of carboxylic acid groups (broad SMARTS) is 1. The zero-order chi connectivity index (χ0) is 40.3. The second kappa shape index (κ2) is 42.2. The maximum Gasteiger partial charge on any atom is 0.326 e. The van der Waals surface area contributed by atoms with E-state index in [1.54, 1.807) is 0 Å². The first-order valence-electron chi connectivity index (χ1n) is 22.6. The van der Waals surface area contributed by atoms with Crippen molar-refractivity contribution < 1.29 is 24.2 Å². The van der Waals surface area contributed by atoms with Gasteiger partial charge in [-0.1, -0.05) is 152 Å². The summed E-state index contributed by atoms with van der Waals surface area (Å²) in [5.74, 6) is -1.30. The van der Waals surface area contributed by atoms with Gasteiger partial charge >= 0.3 is 11.9 Å². The van der Waals surface area contributed by atoms with Crippen LogP contribution < -0.4 is 11.1 Å². The molecule has 0 aromatic carbocycles. The predicted molar refractivity (Wildman–Crippen MR) is 234 cm³/mol. The van der Waals surface area contributed by atoms with Crippen molar-refractivity contribution in [3.63, 3.8) is 0 Å². The first-order valence-corrected chi connectivity index (χ1v) is 22.6. The van der Waals surface area contributed by atoms with Gasteiger partial charge in [-0.2, -0.15) is 0 Å².